The van der Waals surface area contributed by atoms with Crippen molar-refractivity contribution in [1.29, 1.82) is 0 Å². The number of nitrogens with one attached hydrogen (secondary N) is 1. The predicted molar refractivity (Wildman–Crippen MR) is 86.5 cm³/mol. The van der Waals surface area contributed by atoms with E-state index >= 15 is 0 Å². The fourth-order valence-corrected chi connectivity index (χ4v) is 3.41. The van der Waals surface area contributed by atoms with E-state index in [0.717, 1.165) is 22.1 Å². The first-order valence-electron chi connectivity index (χ1n) is 6.90. The normalized spacial score (nSPS) is 13.9. The van der Waals surface area contributed by atoms with E-state index in [1.54, 1.807) is 11.8 Å². The Hall–Kier alpha value is -1.43. The van der Waals surface area contributed by atoms with Gasteiger partial charge in [-0.25, -0.2) is 9.97 Å². The van der Waals surface area contributed by atoms with Crippen LogP contribution in [-0.4, -0.2) is 34.5 Å². The number of hydrogen-bond donors (Lipinski definition) is 2. The molecule has 0 saturated carbocycles. The Morgan fingerprint density at radius 1 is 1.14 bits per heavy atom. The second-order valence-corrected chi connectivity index (χ2v) is 6.02. The molecule has 4 nitrogen and oxygen atoms in total. The van der Waals surface area contributed by atoms with Gasteiger partial charge >= 0.3 is 0 Å². The van der Waals surface area contributed by atoms with Gasteiger partial charge in [0.25, 0.3) is 0 Å². The number of rotatable bonds is 6. The van der Waals surface area contributed by atoms with Crippen molar-refractivity contribution in [1.82, 2.24) is 15.3 Å². The van der Waals surface area contributed by atoms with E-state index in [0.29, 0.717) is 5.75 Å². The van der Waals surface area contributed by atoms with Gasteiger partial charge in [0.15, 0.2) is 5.16 Å². The smallest absolute Gasteiger partial charge is 0.188 e. The highest BCUT2D eigenvalue weighted by molar-refractivity contribution is 7.99. The predicted octanol–water partition coefficient (Wildman–Crippen LogP) is 2.29. The van der Waals surface area contributed by atoms with Gasteiger partial charge in [-0.15, -0.1) is 0 Å². The average Bonchev–Trinajstić information content (AvgIpc) is 2.49. The van der Waals surface area contributed by atoms with Crippen molar-refractivity contribution in [2.75, 3.05) is 19.4 Å². The molecule has 0 amide bonds. The van der Waals surface area contributed by atoms with Crippen molar-refractivity contribution in [3.8, 4) is 0 Å². The molecule has 0 fully saturated rings. The Kier molecular flexibility index (Phi) is 5.33. The number of nitrogens with zero attached hydrogens (tertiary/aromatic N) is 2. The molecule has 0 aliphatic carbocycles. The Morgan fingerprint density at radius 3 is 2.29 bits per heavy atom. The molecule has 1 aromatic carbocycles. The average molecular weight is 303 g/mol. The summed E-state index contributed by atoms with van der Waals surface area (Å²) in [6, 6.07) is 11.9. The lowest BCUT2D eigenvalue weighted by molar-refractivity contribution is 0.187. The summed E-state index contributed by atoms with van der Waals surface area (Å²) >= 11 is 1.55. The maximum Gasteiger partial charge on any atom is 0.188 e. The summed E-state index contributed by atoms with van der Waals surface area (Å²) in [7, 11) is 1.87. The molecule has 2 rings (SSSR count). The van der Waals surface area contributed by atoms with Crippen LogP contribution in [-0.2, 0) is 5.54 Å². The third-order valence-electron chi connectivity index (χ3n) is 3.48. The molecule has 2 aromatic rings. The van der Waals surface area contributed by atoms with Crippen molar-refractivity contribution in [3.05, 3.63) is 53.3 Å². The highest BCUT2D eigenvalue weighted by Crippen LogP contribution is 2.28. The van der Waals surface area contributed by atoms with Gasteiger partial charge in [-0.1, -0.05) is 42.1 Å². The molecule has 0 bridgehead atoms. The fraction of sp³-hybridized carbons (Fsp3) is 0.375. The molecule has 0 radical (unpaired) electrons. The number of thioether (sulfide) groups is 1. The lowest BCUT2D eigenvalue weighted by Crippen LogP contribution is -2.45. The molecular formula is C16H21N3OS. The van der Waals surface area contributed by atoms with E-state index in [-0.39, 0.29) is 6.61 Å². The zero-order valence-electron chi connectivity index (χ0n) is 12.6. The van der Waals surface area contributed by atoms with Crippen LogP contribution in [0.3, 0.4) is 0 Å². The van der Waals surface area contributed by atoms with Gasteiger partial charge in [-0.3, -0.25) is 0 Å². The number of aryl methyl sites for hydroxylation is 2. The summed E-state index contributed by atoms with van der Waals surface area (Å²) in [4.78, 5) is 8.88. The first-order valence-corrected chi connectivity index (χ1v) is 7.88. The van der Waals surface area contributed by atoms with E-state index in [9.17, 15) is 5.11 Å². The van der Waals surface area contributed by atoms with E-state index in [1.807, 2.05) is 57.3 Å². The lowest BCUT2D eigenvalue weighted by atomic mass is 9.93. The van der Waals surface area contributed by atoms with Crippen LogP contribution < -0.4 is 5.32 Å². The minimum absolute atomic E-state index is 0.0192. The quantitative estimate of drug-likeness (QED) is 0.633. The maximum atomic E-state index is 9.90. The zero-order chi connectivity index (χ0) is 15.3. The van der Waals surface area contributed by atoms with Gasteiger partial charge in [0.2, 0.25) is 0 Å². The van der Waals surface area contributed by atoms with Crippen molar-refractivity contribution in [3.63, 3.8) is 0 Å². The van der Waals surface area contributed by atoms with Crippen LogP contribution in [0.1, 0.15) is 17.0 Å². The largest absolute Gasteiger partial charge is 0.394 e. The first-order chi connectivity index (χ1) is 10.1. The first kappa shape index (κ1) is 15.9. The summed E-state index contributed by atoms with van der Waals surface area (Å²) in [5.41, 5.74) is 2.49. The molecule has 112 valence electrons. The molecule has 0 aliphatic rings. The van der Waals surface area contributed by atoms with Crippen LogP contribution >= 0.6 is 11.8 Å². The fourth-order valence-electron chi connectivity index (χ4n) is 2.22. The van der Waals surface area contributed by atoms with Gasteiger partial charge < -0.3 is 10.4 Å². The van der Waals surface area contributed by atoms with E-state index < -0.39 is 5.54 Å². The SMILES string of the molecule is CNC(CO)(CSc1nc(C)cc(C)n1)c1ccccc1. The topological polar surface area (TPSA) is 58.0 Å². The molecule has 1 atom stereocenters. The Morgan fingerprint density at radius 2 is 1.76 bits per heavy atom. The third kappa shape index (κ3) is 3.81. The number of hydrogen-bond acceptors (Lipinski definition) is 5. The molecule has 1 unspecified atom stereocenters. The summed E-state index contributed by atoms with van der Waals surface area (Å²) in [6.45, 7) is 3.95. The van der Waals surface area contributed by atoms with Gasteiger partial charge in [0, 0.05) is 17.1 Å². The van der Waals surface area contributed by atoms with Crippen molar-refractivity contribution in [2.45, 2.75) is 24.5 Å². The second kappa shape index (κ2) is 7.02. The third-order valence-corrected chi connectivity index (χ3v) is 4.56. The number of benzene rings is 1. The Labute approximate surface area is 130 Å². The van der Waals surface area contributed by atoms with Crippen molar-refractivity contribution < 1.29 is 5.11 Å². The minimum Gasteiger partial charge on any atom is -0.394 e. The van der Waals surface area contributed by atoms with Crippen LogP contribution in [0.25, 0.3) is 0 Å². The summed E-state index contributed by atoms with van der Waals surface area (Å²) in [5, 5.41) is 13.9. The lowest BCUT2D eigenvalue weighted by Gasteiger charge is -2.31. The van der Waals surface area contributed by atoms with Crippen molar-refractivity contribution >= 4 is 11.8 Å². The molecular weight excluding hydrogens is 282 g/mol. The van der Waals surface area contributed by atoms with E-state index in [1.165, 1.54) is 0 Å². The van der Waals surface area contributed by atoms with Crippen LogP contribution in [0.15, 0.2) is 41.6 Å². The molecule has 1 heterocycles. The number of likely N-dealkylation sites (N-methyl/N-ethyl adjacent to an activating group) is 1. The van der Waals surface area contributed by atoms with Crippen LogP contribution in [0, 0.1) is 13.8 Å². The van der Waals surface area contributed by atoms with Gasteiger partial charge in [-0.2, -0.15) is 0 Å². The Bertz CT molecular complexity index is 565. The zero-order valence-corrected chi connectivity index (χ0v) is 13.4. The van der Waals surface area contributed by atoms with E-state index in [4.69, 9.17) is 0 Å². The minimum atomic E-state index is -0.493. The number of aliphatic hydroxyl groups is 1. The number of aliphatic hydroxyl groups excluding tert-OH is 1. The summed E-state index contributed by atoms with van der Waals surface area (Å²) in [5.74, 6) is 0.660. The molecule has 1 aromatic heterocycles. The summed E-state index contributed by atoms with van der Waals surface area (Å²) < 4.78 is 0. The van der Waals surface area contributed by atoms with Crippen molar-refractivity contribution in [2.24, 2.45) is 0 Å². The maximum absolute atomic E-state index is 9.90. The monoisotopic (exact) mass is 303 g/mol. The molecule has 21 heavy (non-hydrogen) atoms. The van der Waals surface area contributed by atoms with Gasteiger partial charge in [-0.05, 0) is 32.5 Å². The highest BCUT2D eigenvalue weighted by Gasteiger charge is 2.30. The molecule has 2 N–H and O–H groups in total. The summed E-state index contributed by atoms with van der Waals surface area (Å²) in [6.07, 6.45) is 0. The molecule has 5 heteroatoms. The van der Waals surface area contributed by atoms with Gasteiger partial charge in [0.1, 0.15) is 0 Å². The van der Waals surface area contributed by atoms with Crippen LogP contribution in [0.5, 0.6) is 0 Å². The second-order valence-electron chi connectivity index (χ2n) is 5.08. The van der Waals surface area contributed by atoms with Crippen LogP contribution in [0.2, 0.25) is 0 Å². The van der Waals surface area contributed by atoms with E-state index in [2.05, 4.69) is 15.3 Å². The standard InChI is InChI=1S/C16H21N3OS/c1-12-9-13(2)19-15(18-12)21-11-16(10-20,17-3)14-7-5-4-6-8-14/h4-9,17,20H,10-11H2,1-3H3. The number of aromatic nitrogens is 2. The highest BCUT2D eigenvalue weighted by atomic mass is 32.2. The van der Waals surface area contributed by atoms with Crippen LogP contribution in [0.4, 0.5) is 0 Å². The molecule has 0 aliphatic heterocycles. The Balaban J connectivity index is 2.21. The van der Waals surface area contributed by atoms with Gasteiger partial charge in [0.05, 0.1) is 12.1 Å². The molecule has 0 spiro atoms. The molecule has 0 saturated heterocycles.